The van der Waals surface area contributed by atoms with Gasteiger partial charge in [0.2, 0.25) is 0 Å². The van der Waals surface area contributed by atoms with Crippen molar-refractivity contribution in [1.82, 2.24) is 29.7 Å². The second-order valence-electron chi connectivity index (χ2n) is 9.28. The van der Waals surface area contributed by atoms with Crippen LogP contribution in [-0.2, 0) is 0 Å². The zero-order valence-corrected chi connectivity index (χ0v) is 18.4. The molecule has 1 aliphatic carbocycles. The molecule has 32 heavy (non-hydrogen) atoms. The number of anilines is 1. The molecule has 0 N–H and O–H groups in total. The number of fused-ring (bicyclic) bond motifs is 1. The maximum absolute atomic E-state index is 5.00. The molecular formula is C25H27N7. The topological polar surface area (TPSA) is 72.6 Å². The Bertz CT molecular complexity index is 1260. The molecule has 162 valence electrons. The molecule has 2 aliphatic rings. The second kappa shape index (κ2) is 7.65. The Hall–Kier alpha value is -3.35. The average molecular weight is 426 g/mol. The Labute approximate surface area is 187 Å². The molecule has 0 radical (unpaired) electrons. The van der Waals surface area contributed by atoms with Gasteiger partial charge in [0.05, 0.1) is 29.3 Å². The lowest BCUT2D eigenvalue weighted by Gasteiger charge is -2.40. The molecule has 0 amide bonds. The lowest BCUT2D eigenvalue weighted by Crippen LogP contribution is -2.39. The molecular weight excluding hydrogens is 398 g/mol. The summed E-state index contributed by atoms with van der Waals surface area (Å²) < 4.78 is 1.90. The summed E-state index contributed by atoms with van der Waals surface area (Å²) in [5.74, 6) is 1.86. The molecule has 1 spiro atoms. The molecule has 2 fully saturated rings. The molecule has 1 saturated carbocycles. The van der Waals surface area contributed by atoms with E-state index in [-0.39, 0.29) is 0 Å². The van der Waals surface area contributed by atoms with Crippen LogP contribution in [0.25, 0.3) is 28.1 Å². The van der Waals surface area contributed by atoms with Crippen LogP contribution in [0.5, 0.6) is 0 Å². The van der Waals surface area contributed by atoms with Gasteiger partial charge in [-0.15, -0.1) is 0 Å². The zero-order valence-electron chi connectivity index (χ0n) is 18.4. The molecule has 0 unspecified atom stereocenters. The summed E-state index contributed by atoms with van der Waals surface area (Å²) in [4.78, 5) is 20.8. The first kappa shape index (κ1) is 19.3. The van der Waals surface area contributed by atoms with Crippen LogP contribution >= 0.6 is 0 Å². The van der Waals surface area contributed by atoms with Gasteiger partial charge in [-0.1, -0.05) is 18.9 Å². The fourth-order valence-electron chi connectivity index (χ4n) is 5.37. The number of piperidine rings is 1. The van der Waals surface area contributed by atoms with Crippen molar-refractivity contribution >= 4 is 16.7 Å². The van der Waals surface area contributed by atoms with Gasteiger partial charge >= 0.3 is 0 Å². The first-order chi connectivity index (χ1) is 15.7. The highest BCUT2D eigenvalue weighted by molar-refractivity contribution is 5.82. The molecule has 0 atom stereocenters. The van der Waals surface area contributed by atoms with Crippen LogP contribution in [-0.4, -0.2) is 42.8 Å². The van der Waals surface area contributed by atoms with Crippen LogP contribution in [0.2, 0.25) is 0 Å². The zero-order chi connectivity index (χ0) is 21.5. The molecule has 4 aromatic rings. The minimum Gasteiger partial charge on any atom is -0.357 e. The van der Waals surface area contributed by atoms with Gasteiger partial charge < -0.3 is 4.90 Å². The van der Waals surface area contributed by atoms with Crippen molar-refractivity contribution in [1.29, 1.82) is 0 Å². The van der Waals surface area contributed by atoms with E-state index in [0.717, 1.165) is 52.7 Å². The fourth-order valence-corrected chi connectivity index (χ4v) is 5.37. The van der Waals surface area contributed by atoms with Gasteiger partial charge in [-0.25, -0.2) is 14.6 Å². The van der Waals surface area contributed by atoms with Gasteiger partial charge in [-0.3, -0.25) is 9.97 Å². The summed E-state index contributed by atoms with van der Waals surface area (Å²) in [6.07, 6.45) is 15.4. The van der Waals surface area contributed by atoms with Crippen molar-refractivity contribution < 1.29 is 0 Å². The lowest BCUT2D eigenvalue weighted by atomic mass is 9.77. The molecule has 5 heterocycles. The maximum Gasteiger partial charge on any atom is 0.156 e. The number of hydrogen-bond acceptors (Lipinski definition) is 6. The van der Waals surface area contributed by atoms with Gasteiger partial charge in [0, 0.05) is 30.9 Å². The third-order valence-electron chi connectivity index (χ3n) is 7.22. The van der Waals surface area contributed by atoms with E-state index in [1.165, 1.54) is 38.5 Å². The van der Waals surface area contributed by atoms with E-state index in [4.69, 9.17) is 4.98 Å². The molecule has 4 aromatic heterocycles. The molecule has 1 aliphatic heterocycles. The summed E-state index contributed by atoms with van der Waals surface area (Å²) >= 11 is 0. The van der Waals surface area contributed by atoms with E-state index in [1.54, 1.807) is 12.4 Å². The normalized spacial score (nSPS) is 18.0. The highest BCUT2D eigenvalue weighted by atomic mass is 15.3. The van der Waals surface area contributed by atoms with E-state index in [1.807, 2.05) is 36.1 Å². The molecule has 0 bridgehead atoms. The lowest BCUT2D eigenvalue weighted by molar-refractivity contribution is 0.226. The smallest absolute Gasteiger partial charge is 0.156 e. The van der Waals surface area contributed by atoms with Crippen LogP contribution in [0.15, 0.2) is 49.1 Å². The molecule has 7 nitrogen and oxygen atoms in total. The highest BCUT2D eigenvalue weighted by Gasteiger charge is 2.37. The number of pyridine rings is 2. The van der Waals surface area contributed by atoms with Crippen molar-refractivity contribution in [3.8, 4) is 17.2 Å². The number of hydrogen-bond donors (Lipinski definition) is 0. The van der Waals surface area contributed by atoms with Crippen molar-refractivity contribution in [2.24, 2.45) is 5.41 Å². The number of aryl methyl sites for hydroxylation is 1. The Morgan fingerprint density at radius 2 is 1.66 bits per heavy atom. The SMILES string of the molecule is Cc1cncc(-c2cc3c(cn2)cnn3-c2cccc(N3CCC4(CCCC4)CC3)n2)n1. The minimum absolute atomic E-state index is 0.606. The van der Waals surface area contributed by atoms with Crippen molar-refractivity contribution in [3.05, 3.63) is 54.7 Å². The van der Waals surface area contributed by atoms with Crippen LogP contribution in [0, 0.1) is 12.3 Å². The highest BCUT2D eigenvalue weighted by Crippen LogP contribution is 2.46. The van der Waals surface area contributed by atoms with Crippen LogP contribution in [0.4, 0.5) is 5.82 Å². The van der Waals surface area contributed by atoms with E-state index < -0.39 is 0 Å². The van der Waals surface area contributed by atoms with Gasteiger partial charge in [-0.2, -0.15) is 5.10 Å². The van der Waals surface area contributed by atoms with E-state index >= 15 is 0 Å². The number of rotatable bonds is 3. The fraction of sp³-hybridized carbons (Fsp3) is 0.400. The number of nitrogens with zero attached hydrogens (tertiary/aromatic N) is 7. The predicted octanol–water partition coefficient (Wildman–Crippen LogP) is 4.74. The molecule has 7 heteroatoms. The Morgan fingerprint density at radius 3 is 2.47 bits per heavy atom. The van der Waals surface area contributed by atoms with Gasteiger partial charge in [-0.05, 0) is 56.2 Å². The third kappa shape index (κ3) is 3.42. The first-order valence-corrected chi connectivity index (χ1v) is 11.5. The van der Waals surface area contributed by atoms with Gasteiger partial charge in [0.1, 0.15) is 11.5 Å². The summed E-state index contributed by atoms with van der Waals surface area (Å²) in [7, 11) is 0. The molecule has 6 rings (SSSR count). The monoisotopic (exact) mass is 425 g/mol. The van der Waals surface area contributed by atoms with Crippen molar-refractivity contribution in [3.63, 3.8) is 0 Å². The van der Waals surface area contributed by atoms with Gasteiger partial charge in [0.15, 0.2) is 5.82 Å². The Kier molecular flexibility index (Phi) is 4.63. The van der Waals surface area contributed by atoms with Crippen LogP contribution < -0.4 is 4.90 Å². The average Bonchev–Trinajstić information content (AvgIpc) is 3.46. The van der Waals surface area contributed by atoms with Crippen molar-refractivity contribution in [2.75, 3.05) is 18.0 Å². The summed E-state index contributed by atoms with van der Waals surface area (Å²) in [5, 5.41) is 5.60. The first-order valence-electron chi connectivity index (χ1n) is 11.5. The summed E-state index contributed by atoms with van der Waals surface area (Å²) in [5.41, 5.74) is 3.98. The van der Waals surface area contributed by atoms with E-state index in [2.05, 4.69) is 37.1 Å². The maximum atomic E-state index is 5.00. The molecule has 0 aromatic carbocycles. The Balaban J connectivity index is 1.31. The summed E-state index contributed by atoms with van der Waals surface area (Å²) in [6, 6.07) is 8.24. The van der Waals surface area contributed by atoms with Crippen LogP contribution in [0.3, 0.4) is 0 Å². The van der Waals surface area contributed by atoms with Crippen LogP contribution in [0.1, 0.15) is 44.2 Å². The van der Waals surface area contributed by atoms with E-state index in [0.29, 0.717) is 5.41 Å². The predicted molar refractivity (Wildman–Crippen MR) is 125 cm³/mol. The van der Waals surface area contributed by atoms with Crippen molar-refractivity contribution in [2.45, 2.75) is 45.4 Å². The standard InChI is InChI=1S/C25H27N7/c1-18-14-26-17-21(29-18)20-13-22-19(15-27-20)16-28-32(22)24-6-4-5-23(30-24)31-11-9-25(10-12-31)7-2-3-8-25/h4-6,13-17H,2-3,7-12H2,1H3. The largest absolute Gasteiger partial charge is 0.357 e. The number of aromatic nitrogens is 6. The van der Waals surface area contributed by atoms with Gasteiger partial charge in [0.25, 0.3) is 0 Å². The minimum atomic E-state index is 0.606. The van der Waals surface area contributed by atoms with E-state index in [9.17, 15) is 0 Å². The Morgan fingerprint density at radius 1 is 0.844 bits per heavy atom. The second-order valence-corrected chi connectivity index (χ2v) is 9.28. The third-order valence-corrected chi connectivity index (χ3v) is 7.22. The molecule has 1 saturated heterocycles. The summed E-state index contributed by atoms with van der Waals surface area (Å²) in [6.45, 7) is 4.12. The quantitative estimate of drug-likeness (QED) is 0.472.